The molecule has 1 aliphatic carbocycles. The molecule has 1 aromatic rings. The van der Waals surface area contributed by atoms with E-state index in [-0.39, 0.29) is 11.8 Å². The molecule has 0 heterocycles. The van der Waals surface area contributed by atoms with Crippen LogP contribution >= 0.6 is 0 Å². The number of hydrogen-bond acceptors (Lipinski definition) is 2. The monoisotopic (exact) mass is 241 g/mol. The van der Waals surface area contributed by atoms with E-state index in [0.29, 0.717) is 11.1 Å². The second-order valence-electron chi connectivity index (χ2n) is 4.17. The SMILES string of the molecule is CN(C(=O)C1=CCCC=C1)C(=O)c1ccccc1. The first-order chi connectivity index (χ1) is 8.70. The van der Waals surface area contributed by atoms with Crippen LogP contribution in [0.3, 0.4) is 0 Å². The van der Waals surface area contributed by atoms with Gasteiger partial charge in [-0.15, -0.1) is 0 Å². The Morgan fingerprint density at radius 2 is 1.78 bits per heavy atom. The van der Waals surface area contributed by atoms with Crippen LogP contribution in [0.1, 0.15) is 23.2 Å². The molecule has 18 heavy (non-hydrogen) atoms. The first-order valence-electron chi connectivity index (χ1n) is 5.94. The lowest BCUT2D eigenvalue weighted by atomic mass is 10.1. The van der Waals surface area contributed by atoms with Crippen molar-refractivity contribution in [1.82, 2.24) is 4.90 Å². The molecule has 0 saturated carbocycles. The zero-order valence-electron chi connectivity index (χ0n) is 10.3. The third-order valence-electron chi connectivity index (χ3n) is 2.87. The Kier molecular flexibility index (Phi) is 3.72. The molecule has 1 aromatic carbocycles. The summed E-state index contributed by atoms with van der Waals surface area (Å²) in [6.07, 6.45) is 7.41. The average molecular weight is 241 g/mol. The lowest BCUT2D eigenvalue weighted by Gasteiger charge is -2.17. The highest BCUT2D eigenvalue weighted by molar-refractivity contribution is 6.10. The van der Waals surface area contributed by atoms with E-state index in [0.717, 1.165) is 17.7 Å². The van der Waals surface area contributed by atoms with E-state index < -0.39 is 0 Å². The summed E-state index contributed by atoms with van der Waals surface area (Å²) < 4.78 is 0. The van der Waals surface area contributed by atoms with Crippen molar-refractivity contribution in [2.75, 3.05) is 7.05 Å². The molecule has 2 amide bonds. The van der Waals surface area contributed by atoms with Crippen LogP contribution in [-0.4, -0.2) is 23.8 Å². The molecule has 0 bridgehead atoms. The summed E-state index contributed by atoms with van der Waals surface area (Å²) >= 11 is 0. The molecule has 1 aliphatic rings. The fourth-order valence-electron chi connectivity index (χ4n) is 1.83. The summed E-state index contributed by atoms with van der Waals surface area (Å²) in [6, 6.07) is 8.82. The summed E-state index contributed by atoms with van der Waals surface area (Å²) in [7, 11) is 1.51. The minimum absolute atomic E-state index is 0.250. The van der Waals surface area contributed by atoms with Gasteiger partial charge in [0.15, 0.2) is 0 Å². The van der Waals surface area contributed by atoms with Crippen molar-refractivity contribution in [2.24, 2.45) is 0 Å². The first-order valence-corrected chi connectivity index (χ1v) is 5.94. The molecule has 0 aromatic heterocycles. The number of carbonyl (C=O) groups excluding carboxylic acids is 2. The van der Waals surface area contributed by atoms with E-state index in [2.05, 4.69) is 0 Å². The van der Waals surface area contributed by atoms with Crippen LogP contribution in [0.2, 0.25) is 0 Å². The third kappa shape index (κ3) is 2.56. The summed E-state index contributed by atoms with van der Waals surface area (Å²) in [5.41, 5.74) is 1.11. The van der Waals surface area contributed by atoms with Gasteiger partial charge in [-0.3, -0.25) is 14.5 Å². The van der Waals surface area contributed by atoms with Crippen LogP contribution < -0.4 is 0 Å². The van der Waals surface area contributed by atoms with E-state index in [1.165, 1.54) is 7.05 Å². The number of benzene rings is 1. The molecule has 0 aliphatic heterocycles. The number of hydrogen-bond donors (Lipinski definition) is 0. The molecule has 0 spiro atoms. The Labute approximate surface area is 106 Å². The molecule has 3 nitrogen and oxygen atoms in total. The topological polar surface area (TPSA) is 37.4 Å². The number of imide groups is 1. The molecule has 0 radical (unpaired) electrons. The van der Waals surface area contributed by atoms with Crippen molar-refractivity contribution in [3.8, 4) is 0 Å². The van der Waals surface area contributed by atoms with Gasteiger partial charge in [0.2, 0.25) is 0 Å². The number of nitrogens with zero attached hydrogens (tertiary/aromatic N) is 1. The van der Waals surface area contributed by atoms with Gasteiger partial charge in [0, 0.05) is 18.2 Å². The zero-order valence-corrected chi connectivity index (χ0v) is 10.3. The van der Waals surface area contributed by atoms with Crippen molar-refractivity contribution >= 4 is 11.8 Å². The van der Waals surface area contributed by atoms with Gasteiger partial charge >= 0.3 is 0 Å². The van der Waals surface area contributed by atoms with Crippen LogP contribution in [0.15, 0.2) is 54.1 Å². The number of carbonyl (C=O) groups is 2. The van der Waals surface area contributed by atoms with Crippen molar-refractivity contribution in [3.05, 3.63) is 59.7 Å². The maximum Gasteiger partial charge on any atom is 0.260 e. The first kappa shape index (κ1) is 12.3. The van der Waals surface area contributed by atoms with E-state index in [9.17, 15) is 9.59 Å². The highest BCUT2D eigenvalue weighted by Crippen LogP contribution is 2.13. The third-order valence-corrected chi connectivity index (χ3v) is 2.87. The van der Waals surface area contributed by atoms with Gasteiger partial charge in [0.05, 0.1) is 0 Å². The predicted octanol–water partition coefficient (Wildman–Crippen LogP) is 2.56. The number of rotatable bonds is 2. The van der Waals surface area contributed by atoms with E-state index in [1.54, 1.807) is 30.3 Å². The summed E-state index contributed by atoms with van der Waals surface area (Å²) in [5.74, 6) is -0.528. The van der Waals surface area contributed by atoms with Crippen molar-refractivity contribution in [1.29, 1.82) is 0 Å². The molecular weight excluding hydrogens is 226 g/mol. The minimum atomic E-state index is -0.277. The Hall–Kier alpha value is -2.16. The van der Waals surface area contributed by atoms with Gasteiger partial charge in [0.1, 0.15) is 0 Å². The highest BCUT2D eigenvalue weighted by atomic mass is 16.2. The molecule has 0 atom stereocenters. The van der Waals surface area contributed by atoms with Crippen molar-refractivity contribution < 1.29 is 9.59 Å². The van der Waals surface area contributed by atoms with Gasteiger partial charge in [0.25, 0.3) is 11.8 Å². The molecule has 0 fully saturated rings. The van der Waals surface area contributed by atoms with Crippen LogP contribution in [0.5, 0.6) is 0 Å². The van der Waals surface area contributed by atoms with Crippen molar-refractivity contribution in [2.45, 2.75) is 12.8 Å². The zero-order chi connectivity index (χ0) is 13.0. The van der Waals surface area contributed by atoms with Gasteiger partial charge < -0.3 is 0 Å². The summed E-state index contributed by atoms with van der Waals surface area (Å²) in [6.45, 7) is 0. The Morgan fingerprint density at radius 3 is 2.39 bits per heavy atom. The van der Waals surface area contributed by atoms with Gasteiger partial charge in [-0.05, 0) is 25.0 Å². The Balaban J connectivity index is 2.14. The normalized spacial score (nSPS) is 13.9. The van der Waals surface area contributed by atoms with Crippen LogP contribution in [0.4, 0.5) is 0 Å². The van der Waals surface area contributed by atoms with Gasteiger partial charge in [-0.1, -0.05) is 36.4 Å². The second kappa shape index (κ2) is 5.45. The largest absolute Gasteiger partial charge is 0.278 e. The van der Waals surface area contributed by atoms with E-state index in [1.807, 2.05) is 18.2 Å². The average Bonchev–Trinajstić information content (AvgIpc) is 2.47. The Morgan fingerprint density at radius 1 is 1.06 bits per heavy atom. The summed E-state index contributed by atoms with van der Waals surface area (Å²) in [5, 5.41) is 0. The minimum Gasteiger partial charge on any atom is -0.278 e. The maximum absolute atomic E-state index is 12.1. The smallest absolute Gasteiger partial charge is 0.260 e. The molecule has 3 heteroatoms. The lowest BCUT2D eigenvalue weighted by Crippen LogP contribution is -2.34. The highest BCUT2D eigenvalue weighted by Gasteiger charge is 2.20. The van der Waals surface area contributed by atoms with Crippen LogP contribution in [-0.2, 0) is 4.79 Å². The second-order valence-corrected chi connectivity index (χ2v) is 4.17. The maximum atomic E-state index is 12.1. The molecular formula is C15H15NO2. The van der Waals surface area contributed by atoms with E-state index in [4.69, 9.17) is 0 Å². The summed E-state index contributed by atoms with van der Waals surface area (Å²) in [4.78, 5) is 25.3. The number of amides is 2. The Bertz CT molecular complexity index is 515. The van der Waals surface area contributed by atoms with Crippen LogP contribution in [0.25, 0.3) is 0 Å². The molecule has 0 saturated heterocycles. The lowest BCUT2D eigenvalue weighted by molar-refractivity contribution is -0.123. The fraction of sp³-hybridized carbons (Fsp3) is 0.200. The number of likely N-dealkylation sites (N-methyl/N-ethyl adjacent to an activating group) is 1. The van der Waals surface area contributed by atoms with E-state index >= 15 is 0 Å². The van der Waals surface area contributed by atoms with Crippen LogP contribution in [0, 0.1) is 0 Å². The molecule has 2 rings (SSSR count). The quantitative estimate of drug-likeness (QED) is 0.746. The van der Waals surface area contributed by atoms with Gasteiger partial charge in [-0.25, -0.2) is 0 Å². The number of allylic oxidation sites excluding steroid dienone is 2. The van der Waals surface area contributed by atoms with Gasteiger partial charge in [-0.2, -0.15) is 0 Å². The molecule has 0 N–H and O–H groups in total. The molecule has 0 unspecified atom stereocenters. The standard InChI is InChI=1S/C15H15NO2/c1-16(14(17)12-8-4-2-5-9-12)15(18)13-10-6-3-7-11-13/h2,4-6,8-11H,3,7H2,1H3. The predicted molar refractivity (Wildman–Crippen MR) is 70.0 cm³/mol. The fourth-order valence-corrected chi connectivity index (χ4v) is 1.83. The van der Waals surface area contributed by atoms with Crippen molar-refractivity contribution in [3.63, 3.8) is 0 Å². The molecule has 92 valence electrons.